The van der Waals surface area contributed by atoms with E-state index in [4.69, 9.17) is 16.3 Å². The third-order valence-corrected chi connectivity index (χ3v) is 4.98. The minimum absolute atomic E-state index is 0.0572. The van der Waals surface area contributed by atoms with Crippen LogP contribution >= 0.6 is 11.6 Å². The topological polar surface area (TPSA) is 88.8 Å². The Morgan fingerprint density at radius 1 is 1.27 bits per heavy atom. The average Bonchev–Trinajstić information content (AvgIpc) is 3.14. The Bertz CT molecular complexity index is 1290. The molecule has 0 saturated heterocycles. The zero-order valence-corrected chi connectivity index (χ0v) is 16.7. The Labute approximate surface area is 175 Å². The fourth-order valence-corrected chi connectivity index (χ4v) is 3.46. The molecule has 2 aromatic heterocycles. The second-order valence-corrected chi connectivity index (χ2v) is 6.95. The number of rotatable bonds is 5. The van der Waals surface area contributed by atoms with Crippen molar-refractivity contribution in [3.05, 3.63) is 70.9 Å². The van der Waals surface area contributed by atoms with Crippen LogP contribution in [0, 0.1) is 12.7 Å². The summed E-state index contributed by atoms with van der Waals surface area (Å²) in [7, 11) is 1.37. The number of hydrogen-bond donors (Lipinski definition) is 2. The highest BCUT2D eigenvalue weighted by atomic mass is 35.5. The molecular weight excluding hydrogens is 411 g/mol. The molecule has 4 rings (SSSR count). The van der Waals surface area contributed by atoms with Crippen LogP contribution in [-0.4, -0.2) is 32.6 Å². The van der Waals surface area contributed by atoms with Crippen LogP contribution in [0.1, 0.15) is 15.9 Å². The number of benzene rings is 2. The van der Waals surface area contributed by atoms with Crippen LogP contribution in [0.15, 0.2) is 48.9 Å². The molecule has 2 heterocycles. The first-order valence-electron chi connectivity index (χ1n) is 8.85. The molecule has 4 aromatic rings. The maximum absolute atomic E-state index is 14.2. The minimum Gasteiger partial charge on any atom is -0.494 e. The molecule has 0 aliphatic carbocycles. The zero-order chi connectivity index (χ0) is 21.4. The first-order chi connectivity index (χ1) is 14.4. The van der Waals surface area contributed by atoms with Gasteiger partial charge in [-0.1, -0.05) is 11.6 Å². The number of hydrogen-bond acceptors (Lipinski definition) is 5. The van der Waals surface area contributed by atoms with Gasteiger partial charge in [0.2, 0.25) is 0 Å². The van der Waals surface area contributed by atoms with Crippen molar-refractivity contribution in [3.63, 3.8) is 0 Å². The van der Waals surface area contributed by atoms with Gasteiger partial charge in [-0.25, -0.2) is 19.2 Å². The summed E-state index contributed by atoms with van der Waals surface area (Å²) in [6.07, 6.45) is 4.85. The van der Waals surface area contributed by atoms with Crippen molar-refractivity contribution in [2.75, 3.05) is 12.4 Å². The number of nitrogens with one attached hydrogen (secondary N) is 1. The predicted octanol–water partition coefficient (Wildman–Crippen LogP) is 4.95. The maximum atomic E-state index is 14.2. The molecule has 0 amide bonds. The SMILES string of the molecule is COc1cc(Cl)c(-c2cnc3c(Nc4ccc(C(=O)O)c(C)c4)nccn23)cc1F. The number of carboxylic acid groups (broad SMARTS) is 1. The van der Waals surface area contributed by atoms with E-state index in [1.807, 2.05) is 0 Å². The molecule has 7 nitrogen and oxygen atoms in total. The summed E-state index contributed by atoms with van der Waals surface area (Å²) >= 11 is 6.33. The van der Waals surface area contributed by atoms with Crippen molar-refractivity contribution in [1.82, 2.24) is 14.4 Å². The van der Waals surface area contributed by atoms with Gasteiger partial charge in [-0.2, -0.15) is 0 Å². The molecular formula is C21H16ClFN4O3. The summed E-state index contributed by atoms with van der Waals surface area (Å²) < 4.78 is 20.9. The number of halogens is 2. The number of anilines is 2. The molecule has 0 radical (unpaired) electrons. The van der Waals surface area contributed by atoms with Gasteiger partial charge in [0.15, 0.2) is 23.0 Å². The first-order valence-corrected chi connectivity index (χ1v) is 9.23. The Balaban J connectivity index is 1.75. The van der Waals surface area contributed by atoms with E-state index in [-0.39, 0.29) is 11.3 Å². The number of nitrogens with zero attached hydrogens (tertiary/aromatic N) is 3. The van der Waals surface area contributed by atoms with Crippen molar-refractivity contribution >= 4 is 34.7 Å². The maximum Gasteiger partial charge on any atom is 0.335 e. The van der Waals surface area contributed by atoms with Crippen molar-refractivity contribution in [2.45, 2.75) is 6.92 Å². The highest BCUT2D eigenvalue weighted by molar-refractivity contribution is 6.33. The van der Waals surface area contributed by atoms with Gasteiger partial charge in [-0.05, 0) is 36.8 Å². The summed E-state index contributed by atoms with van der Waals surface area (Å²) in [5.74, 6) is -1.01. The monoisotopic (exact) mass is 426 g/mol. The minimum atomic E-state index is -0.985. The molecule has 152 valence electrons. The predicted molar refractivity (Wildman–Crippen MR) is 111 cm³/mol. The number of carboxylic acids is 1. The van der Waals surface area contributed by atoms with Crippen molar-refractivity contribution < 1.29 is 19.0 Å². The summed E-state index contributed by atoms with van der Waals surface area (Å²) in [5.41, 5.74) is 3.05. The third-order valence-electron chi connectivity index (χ3n) is 4.67. The Kier molecular flexibility index (Phi) is 5.01. The van der Waals surface area contributed by atoms with Crippen molar-refractivity contribution in [3.8, 4) is 17.0 Å². The molecule has 0 atom stereocenters. The van der Waals surface area contributed by atoms with E-state index in [0.29, 0.717) is 39.0 Å². The molecule has 30 heavy (non-hydrogen) atoms. The van der Waals surface area contributed by atoms with Gasteiger partial charge in [0.1, 0.15) is 0 Å². The molecule has 0 unspecified atom stereocenters. The van der Waals surface area contributed by atoms with E-state index in [9.17, 15) is 14.3 Å². The number of methoxy groups -OCH3 is 1. The van der Waals surface area contributed by atoms with Crippen molar-refractivity contribution in [1.29, 1.82) is 0 Å². The zero-order valence-electron chi connectivity index (χ0n) is 16.0. The lowest BCUT2D eigenvalue weighted by atomic mass is 10.1. The molecule has 0 aliphatic rings. The Hall–Kier alpha value is -3.65. The number of aromatic carboxylic acids is 1. The highest BCUT2D eigenvalue weighted by Gasteiger charge is 2.16. The van der Waals surface area contributed by atoms with Gasteiger partial charge < -0.3 is 15.2 Å². The van der Waals surface area contributed by atoms with Crippen LogP contribution in [0.25, 0.3) is 16.9 Å². The van der Waals surface area contributed by atoms with Crippen LogP contribution in [0.4, 0.5) is 15.9 Å². The second-order valence-electron chi connectivity index (χ2n) is 6.54. The molecule has 9 heteroatoms. The fourth-order valence-electron chi connectivity index (χ4n) is 3.21. The van der Waals surface area contributed by atoms with Gasteiger partial charge in [0, 0.05) is 29.7 Å². The molecule has 0 saturated carbocycles. The molecule has 2 aromatic carbocycles. The fraction of sp³-hybridized carbons (Fsp3) is 0.0952. The van der Waals surface area contributed by atoms with E-state index >= 15 is 0 Å². The first kappa shape index (κ1) is 19.7. The summed E-state index contributed by atoms with van der Waals surface area (Å²) in [5, 5.41) is 12.7. The standard InChI is InChI=1S/C21H16ClFN4O3/c1-11-7-12(3-4-13(11)21(28)29)26-19-20-25-10-17(27(20)6-5-24-19)14-8-16(23)18(30-2)9-15(14)22/h3-10H,1-2H3,(H,24,26)(H,28,29). The summed E-state index contributed by atoms with van der Waals surface area (Å²) in [4.78, 5) is 19.9. The molecule has 0 aliphatic heterocycles. The molecule has 0 bridgehead atoms. The lowest BCUT2D eigenvalue weighted by molar-refractivity contribution is 0.0696. The normalized spacial score (nSPS) is 10.9. The van der Waals surface area contributed by atoms with Crippen LogP contribution in [0.2, 0.25) is 5.02 Å². The van der Waals surface area contributed by atoms with Crippen LogP contribution in [-0.2, 0) is 0 Å². The van der Waals surface area contributed by atoms with E-state index in [1.54, 1.807) is 42.0 Å². The number of imidazole rings is 1. The second kappa shape index (κ2) is 7.64. The van der Waals surface area contributed by atoms with Gasteiger partial charge in [0.05, 0.1) is 29.6 Å². The van der Waals surface area contributed by atoms with Gasteiger partial charge in [0.25, 0.3) is 0 Å². The van der Waals surface area contributed by atoms with E-state index in [0.717, 1.165) is 0 Å². The third kappa shape index (κ3) is 3.42. The lowest BCUT2D eigenvalue weighted by Gasteiger charge is -2.11. The molecule has 2 N–H and O–H groups in total. The Morgan fingerprint density at radius 3 is 2.77 bits per heavy atom. The van der Waals surface area contributed by atoms with Gasteiger partial charge in [-0.15, -0.1) is 0 Å². The summed E-state index contributed by atoms with van der Waals surface area (Å²) in [6, 6.07) is 7.61. The number of fused-ring (bicyclic) bond motifs is 1. The van der Waals surface area contributed by atoms with Crippen molar-refractivity contribution in [2.24, 2.45) is 0 Å². The van der Waals surface area contributed by atoms with Crippen LogP contribution < -0.4 is 10.1 Å². The number of carbonyl (C=O) groups is 1. The number of ether oxygens (including phenoxy) is 1. The largest absolute Gasteiger partial charge is 0.494 e. The average molecular weight is 427 g/mol. The molecule has 0 fully saturated rings. The smallest absolute Gasteiger partial charge is 0.335 e. The quantitative estimate of drug-likeness (QED) is 0.469. The van der Waals surface area contributed by atoms with E-state index in [2.05, 4.69) is 15.3 Å². The van der Waals surface area contributed by atoms with E-state index in [1.165, 1.54) is 25.3 Å². The summed E-state index contributed by atoms with van der Waals surface area (Å²) in [6.45, 7) is 1.72. The Morgan fingerprint density at radius 2 is 2.07 bits per heavy atom. The lowest BCUT2D eigenvalue weighted by Crippen LogP contribution is -2.02. The van der Waals surface area contributed by atoms with Gasteiger partial charge in [-0.3, -0.25) is 4.40 Å². The van der Waals surface area contributed by atoms with E-state index < -0.39 is 11.8 Å². The highest BCUT2D eigenvalue weighted by Crippen LogP contribution is 2.34. The van der Waals surface area contributed by atoms with Crippen LogP contribution in [0.3, 0.4) is 0 Å². The number of aryl methyl sites for hydroxylation is 1. The van der Waals surface area contributed by atoms with Gasteiger partial charge >= 0.3 is 5.97 Å². The number of aromatic nitrogens is 3. The van der Waals surface area contributed by atoms with Crippen LogP contribution in [0.5, 0.6) is 5.75 Å². The molecule has 0 spiro atoms.